The molecular formula is C23H36FIN4O2. The van der Waals surface area contributed by atoms with Gasteiger partial charge in [0.15, 0.2) is 17.5 Å². The molecule has 0 bridgehead atoms. The van der Waals surface area contributed by atoms with Crippen molar-refractivity contribution in [3.8, 4) is 5.75 Å². The second kappa shape index (κ2) is 13.1. The molecular weight excluding hydrogens is 510 g/mol. The maximum atomic E-state index is 13.9. The molecule has 31 heavy (non-hydrogen) atoms. The highest BCUT2D eigenvalue weighted by Crippen LogP contribution is 2.27. The fourth-order valence-electron chi connectivity index (χ4n) is 4.19. The zero-order valence-corrected chi connectivity index (χ0v) is 20.9. The van der Waals surface area contributed by atoms with Gasteiger partial charge in [0.1, 0.15) is 6.10 Å². The van der Waals surface area contributed by atoms with Crippen LogP contribution in [0.5, 0.6) is 5.75 Å². The molecule has 1 saturated heterocycles. The average Bonchev–Trinajstić information content (AvgIpc) is 3.44. The topological polar surface area (TPSA) is 66.0 Å². The molecule has 0 aromatic heterocycles. The minimum atomic E-state index is -0.358. The summed E-state index contributed by atoms with van der Waals surface area (Å²) in [6, 6.07) is 6.64. The van der Waals surface area contributed by atoms with Crippen molar-refractivity contribution in [3.63, 3.8) is 0 Å². The molecule has 1 aromatic rings. The van der Waals surface area contributed by atoms with Crippen molar-refractivity contribution in [3.05, 3.63) is 30.1 Å². The highest BCUT2D eigenvalue weighted by Gasteiger charge is 2.32. The quantitative estimate of drug-likeness (QED) is 0.295. The molecule has 3 rings (SSSR count). The first-order valence-corrected chi connectivity index (χ1v) is 11.4. The molecule has 0 radical (unpaired) electrons. The van der Waals surface area contributed by atoms with Gasteiger partial charge >= 0.3 is 0 Å². The summed E-state index contributed by atoms with van der Waals surface area (Å²) >= 11 is 0. The van der Waals surface area contributed by atoms with Gasteiger partial charge in [-0.05, 0) is 44.7 Å². The summed E-state index contributed by atoms with van der Waals surface area (Å²) in [5.74, 6) is 1.17. The summed E-state index contributed by atoms with van der Waals surface area (Å²) in [7, 11) is 0. The largest absolute Gasteiger partial charge is 0.485 e. The molecule has 2 aliphatic rings. The Morgan fingerprint density at radius 2 is 2.00 bits per heavy atom. The number of nitrogens with zero attached hydrogens (tertiary/aromatic N) is 2. The first-order chi connectivity index (χ1) is 14.6. The fourth-order valence-corrected chi connectivity index (χ4v) is 4.19. The van der Waals surface area contributed by atoms with E-state index in [-0.39, 0.29) is 53.6 Å². The van der Waals surface area contributed by atoms with Gasteiger partial charge in [-0.2, -0.15) is 0 Å². The van der Waals surface area contributed by atoms with Crippen molar-refractivity contribution >= 4 is 35.8 Å². The van der Waals surface area contributed by atoms with Crippen LogP contribution in [-0.4, -0.2) is 55.1 Å². The van der Waals surface area contributed by atoms with Gasteiger partial charge in [0.2, 0.25) is 5.91 Å². The van der Waals surface area contributed by atoms with Crippen LogP contribution in [0.15, 0.2) is 29.3 Å². The van der Waals surface area contributed by atoms with Crippen molar-refractivity contribution in [2.24, 2.45) is 10.9 Å². The molecule has 174 valence electrons. The van der Waals surface area contributed by atoms with E-state index in [0.717, 1.165) is 45.3 Å². The van der Waals surface area contributed by atoms with Crippen LogP contribution < -0.4 is 15.4 Å². The number of carbonyl (C=O) groups is 1. The number of carbonyl (C=O) groups excluding carboxylic acids is 1. The minimum Gasteiger partial charge on any atom is -0.485 e. The molecule has 6 nitrogen and oxygen atoms in total. The summed E-state index contributed by atoms with van der Waals surface area (Å²) in [4.78, 5) is 19.3. The van der Waals surface area contributed by atoms with Crippen LogP contribution >= 0.6 is 24.0 Å². The summed E-state index contributed by atoms with van der Waals surface area (Å²) in [6.07, 6.45) is 5.88. The Morgan fingerprint density at radius 3 is 2.68 bits per heavy atom. The third kappa shape index (κ3) is 7.50. The molecule has 1 saturated carbocycles. The van der Waals surface area contributed by atoms with E-state index in [1.54, 1.807) is 18.2 Å². The fraction of sp³-hybridized carbons (Fsp3) is 0.652. The lowest BCUT2D eigenvalue weighted by Crippen LogP contribution is -2.45. The summed E-state index contributed by atoms with van der Waals surface area (Å²) in [5.41, 5.74) is 0. The number of amides is 1. The van der Waals surface area contributed by atoms with E-state index in [1.807, 2.05) is 18.7 Å². The molecule has 1 heterocycles. The van der Waals surface area contributed by atoms with Gasteiger partial charge in [-0.1, -0.05) is 31.9 Å². The predicted octanol–water partition coefficient (Wildman–Crippen LogP) is 3.95. The van der Waals surface area contributed by atoms with Crippen LogP contribution in [0.25, 0.3) is 0 Å². The number of rotatable bonds is 8. The van der Waals surface area contributed by atoms with E-state index in [1.165, 1.54) is 18.9 Å². The number of guanidine groups is 1. The smallest absolute Gasteiger partial charge is 0.225 e. The summed E-state index contributed by atoms with van der Waals surface area (Å²) in [6.45, 7) is 6.73. The Balaban J connectivity index is 0.00000341. The number of benzene rings is 1. The Bertz CT molecular complexity index is 727. The average molecular weight is 546 g/mol. The predicted molar refractivity (Wildman–Crippen MR) is 133 cm³/mol. The number of para-hydroxylation sites is 1. The molecule has 8 heteroatoms. The van der Waals surface area contributed by atoms with Gasteiger partial charge in [0, 0.05) is 31.6 Å². The Kier molecular flexibility index (Phi) is 10.8. The number of nitrogens with one attached hydrogen (secondary N) is 2. The maximum Gasteiger partial charge on any atom is 0.225 e. The highest BCUT2D eigenvalue weighted by molar-refractivity contribution is 14.0. The van der Waals surface area contributed by atoms with E-state index in [2.05, 4.69) is 15.6 Å². The van der Waals surface area contributed by atoms with Crippen molar-refractivity contribution in [1.29, 1.82) is 0 Å². The minimum absolute atomic E-state index is 0. The second-order valence-electron chi connectivity index (χ2n) is 8.19. The lowest BCUT2D eigenvalue weighted by atomic mass is 10.1. The van der Waals surface area contributed by atoms with Crippen LogP contribution in [-0.2, 0) is 4.79 Å². The summed E-state index contributed by atoms with van der Waals surface area (Å²) in [5, 5.41) is 6.73. The first kappa shape index (κ1) is 25.7. The van der Waals surface area contributed by atoms with Crippen LogP contribution in [0, 0.1) is 11.7 Å². The lowest BCUT2D eigenvalue weighted by Gasteiger charge is -2.22. The molecule has 1 aliphatic heterocycles. The first-order valence-electron chi connectivity index (χ1n) is 11.4. The molecule has 1 aliphatic carbocycles. The number of halogens is 2. The molecule has 2 atom stereocenters. The van der Waals surface area contributed by atoms with Gasteiger partial charge in [0.25, 0.3) is 0 Å². The third-order valence-electron chi connectivity index (χ3n) is 5.93. The Hall–Kier alpha value is -1.58. The monoisotopic (exact) mass is 546 g/mol. The number of hydrogen-bond donors (Lipinski definition) is 2. The van der Waals surface area contributed by atoms with Crippen molar-refractivity contribution < 1.29 is 13.9 Å². The molecule has 2 fully saturated rings. The van der Waals surface area contributed by atoms with Crippen LogP contribution in [0.2, 0.25) is 0 Å². The highest BCUT2D eigenvalue weighted by atomic mass is 127. The van der Waals surface area contributed by atoms with Crippen molar-refractivity contribution in [1.82, 2.24) is 15.5 Å². The molecule has 1 aromatic carbocycles. The zero-order chi connectivity index (χ0) is 21.3. The molecule has 2 N–H and O–H groups in total. The number of hydrogen-bond acceptors (Lipinski definition) is 3. The van der Waals surface area contributed by atoms with Gasteiger partial charge < -0.3 is 20.3 Å². The van der Waals surface area contributed by atoms with Crippen LogP contribution in [0.1, 0.15) is 52.4 Å². The summed E-state index contributed by atoms with van der Waals surface area (Å²) < 4.78 is 19.7. The van der Waals surface area contributed by atoms with Crippen LogP contribution in [0.3, 0.4) is 0 Å². The Morgan fingerprint density at radius 1 is 1.26 bits per heavy atom. The maximum absolute atomic E-state index is 13.9. The lowest BCUT2D eigenvalue weighted by molar-refractivity contribution is -0.134. The third-order valence-corrected chi connectivity index (χ3v) is 5.93. The molecule has 2 unspecified atom stereocenters. The van der Waals surface area contributed by atoms with E-state index in [0.29, 0.717) is 18.4 Å². The van der Waals surface area contributed by atoms with E-state index in [4.69, 9.17) is 4.74 Å². The van der Waals surface area contributed by atoms with E-state index >= 15 is 0 Å². The van der Waals surface area contributed by atoms with Gasteiger partial charge in [-0.15, -0.1) is 24.0 Å². The molecule has 0 spiro atoms. The van der Waals surface area contributed by atoms with Gasteiger partial charge in [-0.25, -0.2) is 9.38 Å². The number of aliphatic imine (C=N–C) groups is 1. The van der Waals surface area contributed by atoms with Crippen molar-refractivity contribution in [2.75, 3.05) is 26.2 Å². The van der Waals surface area contributed by atoms with E-state index in [9.17, 15) is 9.18 Å². The van der Waals surface area contributed by atoms with Gasteiger partial charge in [-0.3, -0.25) is 4.79 Å². The van der Waals surface area contributed by atoms with Gasteiger partial charge in [0.05, 0.1) is 6.54 Å². The zero-order valence-electron chi connectivity index (χ0n) is 18.6. The van der Waals surface area contributed by atoms with Crippen molar-refractivity contribution in [2.45, 2.75) is 64.5 Å². The van der Waals surface area contributed by atoms with Crippen LogP contribution in [0.4, 0.5) is 4.39 Å². The standard InChI is InChI=1S/C23H35FN4O2.HI/c1-3-19(30-21-12-8-7-11-20(21)24)15-26-23(25-4-2)27-18-13-14-28(16-18)22(29)17-9-5-6-10-17;/h7-8,11-12,17-19H,3-6,9-10,13-16H2,1-2H3,(H2,25,26,27);1H. The molecule has 1 amide bonds. The second-order valence-corrected chi connectivity index (χ2v) is 8.19. The number of ether oxygens (including phenoxy) is 1. The SMILES string of the molecule is CCNC(=NCC(CC)Oc1ccccc1F)NC1CCN(C(=O)C2CCCC2)C1.I. The van der Waals surface area contributed by atoms with E-state index < -0.39 is 0 Å². The Labute approximate surface area is 202 Å². The normalized spacial score (nSPS) is 20.3. The number of likely N-dealkylation sites (tertiary alicyclic amines) is 1.